The number of aryl methyl sites for hydroxylation is 1. The van der Waals surface area contributed by atoms with Gasteiger partial charge in [0.1, 0.15) is 17.5 Å². The van der Waals surface area contributed by atoms with Crippen molar-refractivity contribution in [2.24, 2.45) is 0 Å². The van der Waals surface area contributed by atoms with E-state index in [9.17, 15) is 13.2 Å². The standard InChI is InChI=1S/C15H11BrF3N/c16-12-6-10(18)7-13(19)15(12)20-14-4-1-8-5-9(17)2-3-11(8)14/h2-3,5-7,14,20H,1,4H2. The molecule has 0 aliphatic heterocycles. The monoisotopic (exact) mass is 341 g/mol. The molecule has 1 aliphatic rings. The normalized spacial score (nSPS) is 17.1. The van der Waals surface area contributed by atoms with Crippen molar-refractivity contribution in [1.82, 2.24) is 0 Å². The summed E-state index contributed by atoms with van der Waals surface area (Å²) < 4.78 is 40.4. The summed E-state index contributed by atoms with van der Waals surface area (Å²) in [5, 5.41) is 3.07. The Kier molecular flexibility index (Phi) is 3.46. The third-order valence-electron chi connectivity index (χ3n) is 3.51. The minimum Gasteiger partial charge on any atom is -0.375 e. The van der Waals surface area contributed by atoms with Gasteiger partial charge in [-0.05, 0) is 58.1 Å². The van der Waals surface area contributed by atoms with Gasteiger partial charge in [-0.2, -0.15) is 0 Å². The largest absolute Gasteiger partial charge is 0.375 e. The van der Waals surface area contributed by atoms with Crippen LogP contribution in [0.5, 0.6) is 0 Å². The van der Waals surface area contributed by atoms with E-state index in [0.29, 0.717) is 4.47 Å². The number of hydrogen-bond acceptors (Lipinski definition) is 1. The second-order valence-electron chi connectivity index (χ2n) is 4.82. The van der Waals surface area contributed by atoms with E-state index >= 15 is 0 Å². The lowest BCUT2D eigenvalue weighted by Gasteiger charge is -2.17. The molecule has 2 aromatic carbocycles. The highest BCUT2D eigenvalue weighted by Crippen LogP contribution is 2.37. The molecule has 0 amide bonds. The lowest BCUT2D eigenvalue weighted by atomic mass is 10.1. The molecule has 1 unspecified atom stereocenters. The topological polar surface area (TPSA) is 12.0 Å². The molecule has 0 saturated heterocycles. The average molecular weight is 342 g/mol. The third kappa shape index (κ3) is 2.42. The first kappa shape index (κ1) is 13.5. The summed E-state index contributed by atoms with van der Waals surface area (Å²) in [5.74, 6) is -1.54. The maximum atomic E-state index is 13.8. The quantitative estimate of drug-likeness (QED) is 0.813. The van der Waals surface area contributed by atoms with Crippen LogP contribution in [-0.4, -0.2) is 0 Å². The molecule has 5 heteroatoms. The van der Waals surface area contributed by atoms with Gasteiger partial charge in [-0.3, -0.25) is 0 Å². The van der Waals surface area contributed by atoms with Gasteiger partial charge in [-0.1, -0.05) is 6.07 Å². The fourth-order valence-electron chi connectivity index (χ4n) is 2.59. The minimum atomic E-state index is -0.646. The highest BCUT2D eigenvalue weighted by Gasteiger charge is 2.24. The molecule has 20 heavy (non-hydrogen) atoms. The van der Waals surface area contributed by atoms with Gasteiger partial charge >= 0.3 is 0 Å². The van der Waals surface area contributed by atoms with Crippen LogP contribution < -0.4 is 5.32 Å². The zero-order valence-electron chi connectivity index (χ0n) is 10.4. The molecular formula is C15H11BrF3N. The molecule has 0 heterocycles. The van der Waals surface area contributed by atoms with Gasteiger partial charge in [0.2, 0.25) is 0 Å². The smallest absolute Gasteiger partial charge is 0.150 e. The zero-order valence-corrected chi connectivity index (χ0v) is 12.0. The van der Waals surface area contributed by atoms with Gasteiger partial charge in [0.25, 0.3) is 0 Å². The van der Waals surface area contributed by atoms with E-state index in [4.69, 9.17) is 0 Å². The SMILES string of the molecule is Fc1cc(F)c(NC2CCc3cc(F)ccc32)c(Br)c1. The van der Waals surface area contributed by atoms with Crippen molar-refractivity contribution in [3.63, 3.8) is 0 Å². The third-order valence-corrected chi connectivity index (χ3v) is 4.13. The minimum absolute atomic E-state index is 0.0955. The van der Waals surface area contributed by atoms with Crippen molar-refractivity contribution in [2.45, 2.75) is 18.9 Å². The predicted molar refractivity (Wildman–Crippen MR) is 75.1 cm³/mol. The Morgan fingerprint density at radius 2 is 1.85 bits per heavy atom. The van der Waals surface area contributed by atoms with Crippen molar-refractivity contribution in [2.75, 3.05) is 5.32 Å². The highest BCUT2D eigenvalue weighted by atomic mass is 79.9. The van der Waals surface area contributed by atoms with E-state index < -0.39 is 11.6 Å². The van der Waals surface area contributed by atoms with E-state index in [-0.39, 0.29) is 17.5 Å². The van der Waals surface area contributed by atoms with Crippen LogP contribution in [-0.2, 0) is 6.42 Å². The fraction of sp³-hybridized carbons (Fsp3) is 0.200. The molecule has 104 valence electrons. The first-order valence-corrected chi connectivity index (χ1v) is 7.03. The van der Waals surface area contributed by atoms with Crippen LogP contribution >= 0.6 is 15.9 Å². The second-order valence-corrected chi connectivity index (χ2v) is 5.68. The van der Waals surface area contributed by atoms with Crippen LogP contribution in [0.3, 0.4) is 0 Å². The molecule has 0 fully saturated rings. The molecule has 3 rings (SSSR count). The lowest BCUT2D eigenvalue weighted by molar-refractivity contribution is 0.581. The number of hydrogen-bond donors (Lipinski definition) is 1. The predicted octanol–water partition coefficient (Wildman–Crippen LogP) is 4.97. The van der Waals surface area contributed by atoms with E-state index in [1.807, 2.05) is 0 Å². The molecule has 2 aromatic rings. The van der Waals surface area contributed by atoms with E-state index in [1.165, 1.54) is 18.2 Å². The summed E-state index contributed by atoms with van der Waals surface area (Å²) in [6.45, 7) is 0. The van der Waals surface area contributed by atoms with Crippen molar-refractivity contribution in [1.29, 1.82) is 0 Å². The summed E-state index contributed by atoms with van der Waals surface area (Å²) in [6, 6.07) is 6.58. The molecule has 1 atom stereocenters. The number of fused-ring (bicyclic) bond motifs is 1. The Morgan fingerprint density at radius 3 is 2.60 bits per heavy atom. The number of benzene rings is 2. The first-order valence-electron chi connectivity index (χ1n) is 6.24. The molecule has 0 aromatic heterocycles. The summed E-state index contributed by atoms with van der Waals surface area (Å²) >= 11 is 3.15. The number of halogens is 4. The molecular weight excluding hydrogens is 331 g/mol. The molecule has 1 N–H and O–H groups in total. The maximum Gasteiger partial charge on any atom is 0.150 e. The van der Waals surface area contributed by atoms with Gasteiger partial charge in [0.05, 0.1) is 11.7 Å². The van der Waals surface area contributed by atoms with Crippen LogP contribution in [0.25, 0.3) is 0 Å². The Labute approximate surface area is 122 Å². The van der Waals surface area contributed by atoms with Gasteiger partial charge in [-0.15, -0.1) is 0 Å². The van der Waals surface area contributed by atoms with Crippen LogP contribution in [0.4, 0.5) is 18.9 Å². The van der Waals surface area contributed by atoms with Crippen molar-refractivity contribution < 1.29 is 13.2 Å². The van der Waals surface area contributed by atoms with Crippen LogP contribution in [0.1, 0.15) is 23.6 Å². The molecule has 1 aliphatic carbocycles. The number of rotatable bonds is 2. The van der Waals surface area contributed by atoms with Gasteiger partial charge in [0.15, 0.2) is 0 Å². The summed E-state index contributed by atoms with van der Waals surface area (Å²) in [7, 11) is 0. The second kappa shape index (κ2) is 5.13. The van der Waals surface area contributed by atoms with E-state index in [0.717, 1.165) is 30.0 Å². The molecule has 1 nitrogen and oxygen atoms in total. The fourth-order valence-corrected chi connectivity index (χ4v) is 3.11. The summed E-state index contributed by atoms with van der Waals surface area (Å²) in [5.41, 5.74) is 2.12. The average Bonchev–Trinajstić information content (AvgIpc) is 2.76. The van der Waals surface area contributed by atoms with Crippen molar-refractivity contribution in [3.05, 3.63) is 63.4 Å². The Hall–Kier alpha value is -1.49. The van der Waals surface area contributed by atoms with Gasteiger partial charge in [0, 0.05) is 10.5 Å². The molecule has 0 spiro atoms. The van der Waals surface area contributed by atoms with E-state index in [2.05, 4.69) is 21.2 Å². The molecule has 0 radical (unpaired) electrons. The number of nitrogens with one attached hydrogen (secondary N) is 1. The number of anilines is 1. The maximum absolute atomic E-state index is 13.8. The molecule has 0 bridgehead atoms. The Bertz CT molecular complexity index is 649. The summed E-state index contributed by atoms with van der Waals surface area (Å²) in [6.07, 6.45) is 1.49. The van der Waals surface area contributed by atoms with Crippen LogP contribution in [0, 0.1) is 17.5 Å². The highest BCUT2D eigenvalue weighted by molar-refractivity contribution is 9.10. The van der Waals surface area contributed by atoms with Crippen molar-refractivity contribution in [3.8, 4) is 0 Å². The Morgan fingerprint density at radius 1 is 1.05 bits per heavy atom. The first-order chi connectivity index (χ1) is 9.54. The van der Waals surface area contributed by atoms with Gasteiger partial charge in [-0.25, -0.2) is 13.2 Å². The lowest BCUT2D eigenvalue weighted by Crippen LogP contribution is -2.09. The van der Waals surface area contributed by atoms with Crippen LogP contribution in [0.2, 0.25) is 0 Å². The zero-order chi connectivity index (χ0) is 14.3. The van der Waals surface area contributed by atoms with Crippen LogP contribution in [0.15, 0.2) is 34.8 Å². The van der Waals surface area contributed by atoms with E-state index in [1.54, 1.807) is 6.07 Å². The van der Waals surface area contributed by atoms with Gasteiger partial charge < -0.3 is 5.32 Å². The Balaban J connectivity index is 1.91. The van der Waals surface area contributed by atoms with Crippen molar-refractivity contribution >= 4 is 21.6 Å². The summed E-state index contributed by atoms with van der Waals surface area (Å²) in [4.78, 5) is 0. The molecule has 0 saturated carbocycles.